The summed E-state index contributed by atoms with van der Waals surface area (Å²) in [5.74, 6) is 1.81. The highest BCUT2D eigenvalue weighted by Crippen LogP contribution is 2.28. The van der Waals surface area contributed by atoms with Gasteiger partial charge in [-0.25, -0.2) is 0 Å². The van der Waals surface area contributed by atoms with Crippen molar-refractivity contribution in [3.8, 4) is 5.75 Å². The van der Waals surface area contributed by atoms with Gasteiger partial charge in [0.25, 0.3) is 0 Å². The molecule has 7 nitrogen and oxygen atoms in total. The van der Waals surface area contributed by atoms with Crippen molar-refractivity contribution in [2.45, 2.75) is 13.0 Å². The van der Waals surface area contributed by atoms with Gasteiger partial charge in [-0.15, -0.1) is 11.3 Å². The Morgan fingerprint density at radius 2 is 1.93 bits per heavy atom. The Labute approximate surface area is 181 Å². The molecule has 0 radical (unpaired) electrons. The quantitative estimate of drug-likeness (QED) is 0.598. The second-order valence-electron chi connectivity index (χ2n) is 7.48. The molecule has 1 aromatic carbocycles. The Morgan fingerprint density at radius 3 is 2.70 bits per heavy atom. The van der Waals surface area contributed by atoms with Crippen LogP contribution < -0.4 is 15.0 Å². The van der Waals surface area contributed by atoms with Gasteiger partial charge in [-0.05, 0) is 35.6 Å². The molecule has 0 unspecified atom stereocenters. The minimum absolute atomic E-state index is 0.126. The molecule has 0 bridgehead atoms. The lowest BCUT2D eigenvalue weighted by Crippen LogP contribution is -2.54. The van der Waals surface area contributed by atoms with Crippen LogP contribution in [0.15, 0.2) is 40.7 Å². The highest BCUT2D eigenvalue weighted by atomic mass is 32.1. The lowest BCUT2D eigenvalue weighted by atomic mass is 10.1. The molecule has 0 atom stereocenters. The number of rotatable bonds is 4. The number of methoxy groups -OCH3 is 1. The molecule has 0 aliphatic carbocycles. The van der Waals surface area contributed by atoms with Crippen LogP contribution in [0.1, 0.15) is 10.4 Å². The summed E-state index contributed by atoms with van der Waals surface area (Å²) in [4.78, 5) is 25.0. The molecule has 1 aromatic heterocycles. The number of benzene rings is 1. The molecule has 0 saturated carbocycles. The molecule has 1 amide bonds. The van der Waals surface area contributed by atoms with E-state index in [0.717, 1.165) is 63.1 Å². The van der Waals surface area contributed by atoms with Crippen molar-refractivity contribution in [2.24, 2.45) is 4.99 Å². The topological polar surface area (TPSA) is 60.4 Å². The molecule has 1 N–H and O–H groups in total. The molecular formula is C22H29N5O2S. The molecule has 3 heterocycles. The summed E-state index contributed by atoms with van der Waals surface area (Å²) in [5, 5.41) is 5.39. The summed E-state index contributed by atoms with van der Waals surface area (Å²) in [6, 6.07) is 10.2. The molecule has 1 saturated heterocycles. The van der Waals surface area contributed by atoms with Crippen molar-refractivity contribution >= 4 is 28.9 Å². The van der Waals surface area contributed by atoms with Gasteiger partial charge in [-0.3, -0.25) is 9.79 Å². The molecule has 8 heteroatoms. The molecular weight excluding hydrogens is 398 g/mol. The average Bonchev–Trinajstić information content (AvgIpc) is 3.27. The number of hydrogen-bond donors (Lipinski definition) is 1. The van der Waals surface area contributed by atoms with Crippen molar-refractivity contribution < 1.29 is 9.53 Å². The lowest BCUT2D eigenvalue weighted by Gasteiger charge is -2.38. The summed E-state index contributed by atoms with van der Waals surface area (Å²) < 4.78 is 5.50. The summed E-state index contributed by atoms with van der Waals surface area (Å²) in [7, 11) is 3.48. The van der Waals surface area contributed by atoms with Crippen LogP contribution in [-0.2, 0) is 17.8 Å². The maximum absolute atomic E-state index is 12.7. The smallest absolute Gasteiger partial charge is 0.242 e. The first kappa shape index (κ1) is 20.5. The van der Waals surface area contributed by atoms with Gasteiger partial charge in [0.05, 0.1) is 19.3 Å². The first-order valence-corrected chi connectivity index (χ1v) is 11.2. The zero-order valence-electron chi connectivity index (χ0n) is 17.6. The number of hydrogen-bond acceptors (Lipinski definition) is 5. The number of carbonyl (C=O) groups excluding carboxylic acids is 1. The van der Waals surface area contributed by atoms with Gasteiger partial charge in [0.2, 0.25) is 5.91 Å². The van der Waals surface area contributed by atoms with Crippen molar-refractivity contribution in [2.75, 3.05) is 58.3 Å². The largest absolute Gasteiger partial charge is 0.495 e. The number of para-hydroxylation sites is 2. The van der Waals surface area contributed by atoms with Gasteiger partial charge in [-0.1, -0.05) is 12.1 Å². The van der Waals surface area contributed by atoms with E-state index in [1.807, 2.05) is 23.1 Å². The van der Waals surface area contributed by atoms with Crippen molar-refractivity contribution in [1.29, 1.82) is 0 Å². The number of amides is 1. The van der Waals surface area contributed by atoms with Crippen LogP contribution in [0.5, 0.6) is 5.75 Å². The third-order valence-electron chi connectivity index (χ3n) is 5.77. The van der Waals surface area contributed by atoms with Gasteiger partial charge in [-0.2, -0.15) is 0 Å². The number of thiophene rings is 1. The standard InChI is InChI=1S/C22H29N5O2S/c1-23-22(24-15-21(28)27-9-7-20-17(16-27)8-14-30-20)26-12-10-25(11-13-26)18-5-3-4-6-19(18)29-2/h3-6,8,14H,7,9-13,15-16H2,1-2H3,(H,23,24). The van der Waals surface area contributed by atoms with E-state index in [4.69, 9.17) is 4.74 Å². The fraction of sp³-hybridized carbons (Fsp3) is 0.455. The number of aliphatic imine (C=N–C) groups is 1. The second-order valence-corrected chi connectivity index (χ2v) is 8.48. The van der Waals surface area contributed by atoms with E-state index in [1.54, 1.807) is 25.5 Å². The van der Waals surface area contributed by atoms with Crippen molar-refractivity contribution in [1.82, 2.24) is 15.1 Å². The Morgan fingerprint density at radius 1 is 1.13 bits per heavy atom. The summed E-state index contributed by atoms with van der Waals surface area (Å²) >= 11 is 1.79. The number of anilines is 1. The Hall–Kier alpha value is -2.74. The van der Waals surface area contributed by atoms with Crippen LogP contribution in [0.4, 0.5) is 5.69 Å². The number of nitrogens with zero attached hydrogens (tertiary/aromatic N) is 4. The summed E-state index contributed by atoms with van der Waals surface area (Å²) in [6.45, 7) is 5.23. The van der Waals surface area contributed by atoms with E-state index in [0.29, 0.717) is 0 Å². The highest BCUT2D eigenvalue weighted by Gasteiger charge is 2.24. The number of ether oxygens (including phenoxy) is 1. The Bertz CT molecular complexity index is 904. The average molecular weight is 428 g/mol. The van der Waals surface area contributed by atoms with Gasteiger partial charge < -0.3 is 24.8 Å². The zero-order chi connectivity index (χ0) is 20.9. The molecule has 2 aliphatic rings. The van der Waals surface area contributed by atoms with Crippen LogP contribution >= 0.6 is 11.3 Å². The fourth-order valence-electron chi connectivity index (χ4n) is 4.11. The molecule has 1 fully saturated rings. The van der Waals surface area contributed by atoms with Gasteiger partial charge in [0.1, 0.15) is 5.75 Å². The van der Waals surface area contributed by atoms with E-state index in [1.165, 1.54) is 10.4 Å². The van der Waals surface area contributed by atoms with E-state index in [2.05, 4.69) is 37.6 Å². The predicted molar refractivity (Wildman–Crippen MR) is 122 cm³/mol. The minimum atomic E-state index is 0.126. The van der Waals surface area contributed by atoms with E-state index < -0.39 is 0 Å². The van der Waals surface area contributed by atoms with Gasteiger partial charge >= 0.3 is 0 Å². The number of fused-ring (bicyclic) bond motifs is 1. The van der Waals surface area contributed by atoms with Gasteiger partial charge in [0, 0.05) is 51.2 Å². The fourth-order valence-corrected chi connectivity index (χ4v) is 5.00. The van der Waals surface area contributed by atoms with Crippen LogP contribution in [0.25, 0.3) is 0 Å². The normalized spacial score (nSPS) is 17.0. The highest BCUT2D eigenvalue weighted by molar-refractivity contribution is 7.10. The molecule has 30 heavy (non-hydrogen) atoms. The Balaban J connectivity index is 1.29. The van der Waals surface area contributed by atoms with Gasteiger partial charge in [0.15, 0.2) is 5.96 Å². The van der Waals surface area contributed by atoms with Crippen LogP contribution in [-0.4, -0.2) is 75.1 Å². The number of piperazine rings is 1. The SMILES string of the molecule is CN=C(NCC(=O)N1CCc2sccc2C1)N1CCN(c2ccccc2OC)CC1. The van der Waals surface area contributed by atoms with Crippen molar-refractivity contribution in [3.63, 3.8) is 0 Å². The van der Waals surface area contributed by atoms with Crippen LogP contribution in [0.3, 0.4) is 0 Å². The van der Waals surface area contributed by atoms with E-state index >= 15 is 0 Å². The molecule has 0 spiro atoms. The third kappa shape index (κ3) is 4.38. The van der Waals surface area contributed by atoms with Crippen LogP contribution in [0, 0.1) is 0 Å². The van der Waals surface area contributed by atoms with E-state index in [-0.39, 0.29) is 12.5 Å². The maximum Gasteiger partial charge on any atom is 0.242 e. The van der Waals surface area contributed by atoms with E-state index in [9.17, 15) is 4.79 Å². The Kier molecular flexibility index (Phi) is 6.42. The number of nitrogens with one attached hydrogen (secondary N) is 1. The van der Waals surface area contributed by atoms with Crippen LogP contribution in [0.2, 0.25) is 0 Å². The first-order chi connectivity index (χ1) is 14.7. The minimum Gasteiger partial charge on any atom is -0.495 e. The molecule has 2 aromatic rings. The predicted octanol–water partition coefficient (Wildman–Crippen LogP) is 2.04. The molecule has 4 rings (SSSR count). The second kappa shape index (κ2) is 9.38. The summed E-state index contributed by atoms with van der Waals surface area (Å²) in [6.07, 6.45) is 0.957. The first-order valence-electron chi connectivity index (χ1n) is 10.4. The lowest BCUT2D eigenvalue weighted by molar-refractivity contribution is -0.130. The monoisotopic (exact) mass is 427 g/mol. The number of carbonyl (C=O) groups is 1. The van der Waals surface area contributed by atoms with Crippen molar-refractivity contribution in [3.05, 3.63) is 46.2 Å². The molecule has 160 valence electrons. The maximum atomic E-state index is 12.7. The summed E-state index contributed by atoms with van der Waals surface area (Å²) in [5.41, 5.74) is 2.41. The molecule has 2 aliphatic heterocycles. The third-order valence-corrected chi connectivity index (χ3v) is 6.80. The zero-order valence-corrected chi connectivity index (χ0v) is 18.5. The number of guanidine groups is 1.